The number of nitrogens with one attached hydrogen (secondary N) is 1. The first-order valence-electron chi connectivity index (χ1n) is 4.64. The summed E-state index contributed by atoms with van der Waals surface area (Å²) in [6.45, 7) is 1.82. The van der Waals surface area contributed by atoms with Gasteiger partial charge >= 0.3 is 0 Å². The number of carbonyl (C=O) groups excluding carboxylic acids is 1. The first-order chi connectivity index (χ1) is 7.65. The van der Waals surface area contributed by atoms with Crippen molar-refractivity contribution >= 4 is 22.9 Å². The van der Waals surface area contributed by atoms with Gasteiger partial charge in [-0.05, 0) is 25.1 Å². The van der Waals surface area contributed by atoms with Gasteiger partial charge in [-0.3, -0.25) is 4.79 Å². The van der Waals surface area contributed by atoms with Gasteiger partial charge in [0.15, 0.2) is 0 Å². The highest BCUT2D eigenvalue weighted by molar-refractivity contribution is 7.13. The number of hydrogen-bond acceptors (Lipinski definition) is 3. The summed E-state index contributed by atoms with van der Waals surface area (Å²) in [5.41, 5.74) is 0.441. The summed E-state index contributed by atoms with van der Waals surface area (Å²) in [7, 11) is 0. The van der Waals surface area contributed by atoms with E-state index in [1.165, 1.54) is 29.7 Å². The molecule has 0 fully saturated rings. The molecule has 5 heteroatoms. The van der Waals surface area contributed by atoms with E-state index in [-0.39, 0.29) is 11.7 Å². The van der Waals surface area contributed by atoms with E-state index in [0.29, 0.717) is 10.6 Å². The second kappa shape index (κ2) is 4.40. The second-order valence-corrected chi connectivity index (χ2v) is 4.44. The lowest BCUT2D eigenvalue weighted by Crippen LogP contribution is -2.10. The van der Waals surface area contributed by atoms with E-state index in [9.17, 15) is 9.18 Å². The average Bonchev–Trinajstić information content (AvgIpc) is 2.65. The van der Waals surface area contributed by atoms with E-state index in [1.54, 1.807) is 12.1 Å². The Labute approximate surface area is 96.0 Å². The van der Waals surface area contributed by atoms with Crippen molar-refractivity contribution in [3.63, 3.8) is 0 Å². The number of amides is 1. The molecule has 0 saturated carbocycles. The molecule has 0 saturated heterocycles. The molecule has 0 aliphatic rings. The van der Waals surface area contributed by atoms with E-state index < -0.39 is 0 Å². The van der Waals surface area contributed by atoms with Crippen molar-refractivity contribution in [3.05, 3.63) is 46.2 Å². The summed E-state index contributed by atoms with van der Waals surface area (Å²) >= 11 is 1.30. The Bertz CT molecular complexity index is 524. The highest BCUT2D eigenvalue weighted by atomic mass is 32.1. The third-order valence-corrected chi connectivity index (χ3v) is 2.84. The van der Waals surface area contributed by atoms with Gasteiger partial charge in [0.25, 0.3) is 5.91 Å². The lowest BCUT2D eigenvalue weighted by Gasteiger charge is -2.02. The molecule has 2 rings (SSSR count). The lowest BCUT2D eigenvalue weighted by atomic mass is 10.3. The standard InChI is InChI=1S/C11H9FN2OS/c1-7-13-6-10(16-7)11(15)14-9-4-2-3-8(12)5-9/h2-6H,1H3,(H,14,15). The molecule has 1 amide bonds. The monoisotopic (exact) mass is 236 g/mol. The fraction of sp³-hybridized carbons (Fsp3) is 0.0909. The van der Waals surface area contributed by atoms with Crippen LogP contribution in [-0.4, -0.2) is 10.9 Å². The van der Waals surface area contributed by atoms with Crippen LogP contribution in [0.3, 0.4) is 0 Å². The van der Waals surface area contributed by atoms with E-state index in [1.807, 2.05) is 6.92 Å². The summed E-state index contributed by atoms with van der Waals surface area (Å²) in [4.78, 5) is 16.2. The van der Waals surface area contributed by atoms with Crippen molar-refractivity contribution in [2.45, 2.75) is 6.92 Å². The van der Waals surface area contributed by atoms with Gasteiger partial charge in [0, 0.05) is 5.69 Å². The highest BCUT2D eigenvalue weighted by Crippen LogP contribution is 2.15. The van der Waals surface area contributed by atoms with Gasteiger partial charge in [-0.15, -0.1) is 11.3 Å². The maximum Gasteiger partial charge on any atom is 0.267 e. The number of aromatic nitrogens is 1. The summed E-state index contributed by atoms with van der Waals surface area (Å²) in [5.74, 6) is -0.644. The zero-order chi connectivity index (χ0) is 11.5. The van der Waals surface area contributed by atoms with Crippen molar-refractivity contribution in [1.29, 1.82) is 0 Å². The van der Waals surface area contributed by atoms with Crippen LogP contribution in [0.4, 0.5) is 10.1 Å². The molecule has 1 aromatic carbocycles. The number of rotatable bonds is 2. The zero-order valence-corrected chi connectivity index (χ0v) is 9.34. The van der Waals surface area contributed by atoms with Crippen LogP contribution >= 0.6 is 11.3 Å². The van der Waals surface area contributed by atoms with E-state index >= 15 is 0 Å². The Morgan fingerprint density at radius 1 is 1.50 bits per heavy atom. The molecule has 0 radical (unpaired) electrons. The van der Waals surface area contributed by atoms with Crippen LogP contribution in [-0.2, 0) is 0 Å². The topological polar surface area (TPSA) is 42.0 Å². The van der Waals surface area contributed by atoms with Crippen molar-refractivity contribution in [2.24, 2.45) is 0 Å². The minimum absolute atomic E-state index is 0.267. The van der Waals surface area contributed by atoms with Gasteiger partial charge < -0.3 is 5.32 Å². The number of carbonyl (C=O) groups is 1. The Morgan fingerprint density at radius 2 is 2.31 bits per heavy atom. The molecule has 16 heavy (non-hydrogen) atoms. The first-order valence-corrected chi connectivity index (χ1v) is 5.46. The minimum atomic E-state index is -0.377. The number of benzene rings is 1. The van der Waals surface area contributed by atoms with E-state index in [2.05, 4.69) is 10.3 Å². The number of anilines is 1. The summed E-state index contributed by atoms with van der Waals surface area (Å²) < 4.78 is 12.9. The summed E-state index contributed by atoms with van der Waals surface area (Å²) in [6.07, 6.45) is 1.51. The van der Waals surface area contributed by atoms with Crippen molar-refractivity contribution in [3.8, 4) is 0 Å². The van der Waals surface area contributed by atoms with Crippen LogP contribution < -0.4 is 5.32 Å². The SMILES string of the molecule is Cc1ncc(C(=O)Nc2cccc(F)c2)s1. The van der Waals surface area contributed by atoms with E-state index in [0.717, 1.165) is 5.01 Å². The maximum absolute atomic E-state index is 12.9. The molecule has 3 nitrogen and oxygen atoms in total. The quantitative estimate of drug-likeness (QED) is 0.871. The van der Waals surface area contributed by atoms with Crippen LogP contribution in [0, 0.1) is 12.7 Å². The minimum Gasteiger partial charge on any atom is -0.321 e. The van der Waals surface area contributed by atoms with Gasteiger partial charge in [0.1, 0.15) is 10.7 Å². The molecular weight excluding hydrogens is 227 g/mol. The fourth-order valence-electron chi connectivity index (χ4n) is 1.23. The number of thiazole rings is 1. The van der Waals surface area contributed by atoms with Crippen LogP contribution in [0.1, 0.15) is 14.7 Å². The van der Waals surface area contributed by atoms with Crippen molar-refractivity contribution < 1.29 is 9.18 Å². The molecule has 0 spiro atoms. The largest absolute Gasteiger partial charge is 0.321 e. The molecule has 2 aromatic rings. The van der Waals surface area contributed by atoms with Crippen molar-refractivity contribution in [1.82, 2.24) is 4.98 Å². The van der Waals surface area contributed by atoms with Gasteiger partial charge in [-0.2, -0.15) is 0 Å². The second-order valence-electron chi connectivity index (χ2n) is 3.21. The first kappa shape index (κ1) is 10.8. The van der Waals surface area contributed by atoms with Crippen LogP contribution in [0.5, 0.6) is 0 Å². The normalized spacial score (nSPS) is 10.1. The Kier molecular flexibility index (Phi) is 2.96. The predicted octanol–water partition coefficient (Wildman–Crippen LogP) is 2.84. The molecule has 0 unspecified atom stereocenters. The Morgan fingerprint density at radius 3 is 2.94 bits per heavy atom. The van der Waals surface area contributed by atoms with Crippen LogP contribution in [0.15, 0.2) is 30.5 Å². The van der Waals surface area contributed by atoms with Gasteiger partial charge in [0.05, 0.1) is 11.2 Å². The molecule has 1 aromatic heterocycles. The summed E-state index contributed by atoms with van der Waals surface area (Å²) in [6, 6.07) is 5.77. The number of nitrogens with zero attached hydrogens (tertiary/aromatic N) is 1. The molecular formula is C11H9FN2OS. The summed E-state index contributed by atoms with van der Waals surface area (Å²) in [5, 5.41) is 3.43. The molecule has 0 aliphatic carbocycles. The average molecular weight is 236 g/mol. The van der Waals surface area contributed by atoms with Gasteiger partial charge in [0.2, 0.25) is 0 Å². The van der Waals surface area contributed by atoms with Crippen LogP contribution in [0.2, 0.25) is 0 Å². The molecule has 1 N–H and O–H groups in total. The van der Waals surface area contributed by atoms with E-state index in [4.69, 9.17) is 0 Å². The third kappa shape index (κ3) is 2.43. The van der Waals surface area contributed by atoms with Crippen LogP contribution in [0.25, 0.3) is 0 Å². The number of hydrogen-bond donors (Lipinski definition) is 1. The molecule has 82 valence electrons. The Hall–Kier alpha value is -1.75. The third-order valence-electron chi connectivity index (χ3n) is 1.93. The van der Waals surface area contributed by atoms with Crippen molar-refractivity contribution in [2.75, 3.05) is 5.32 Å². The Balaban J connectivity index is 2.13. The lowest BCUT2D eigenvalue weighted by molar-refractivity contribution is 0.103. The molecule has 0 bridgehead atoms. The predicted molar refractivity (Wildman–Crippen MR) is 61.2 cm³/mol. The fourth-order valence-corrected chi connectivity index (χ4v) is 1.90. The molecule has 1 heterocycles. The molecule has 0 atom stereocenters. The maximum atomic E-state index is 12.9. The zero-order valence-electron chi connectivity index (χ0n) is 8.53. The highest BCUT2D eigenvalue weighted by Gasteiger charge is 2.09. The van der Waals surface area contributed by atoms with Gasteiger partial charge in [-0.25, -0.2) is 9.37 Å². The smallest absolute Gasteiger partial charge is 0.267 e. The number of aryl methyl sites for hydroxylation is 1. The molecule has 0 aliphatic heterocycles. The van der Waals surface area contributed by atoms with Gasteiger partial charge in [-0.1, -0.05) is 6.07 Å². The number of halogens is 1.